The van der Waals surface area contributed by atoms with Gasteiger partial charge in [0.15, 0.2) is 0 Å². The van der Waals surface area contributed by atoms with Gasteiger partial charge in [0.05, 0.1) is 11.8 Å². The third kappa shape index (κ3) is 2.24. The zero-order chi connectivity index (χ0) is 8.10. The van der Waals surface area contributed by atoms with Gasteiger partial charge in [0, 0.05) is 6.42 Å². The van der Waals surface area contributed by atoms with E-state index >= 15 is 0 Å². The summed E-state index contributed by atoms with van der Waals surface area (Å²) in [6.45, 7) is 2.00. The Morgan fingerprint density at radius 1 is 1.73 bits per heavy atom. The molecule has 0 aliphatic heterocycles. The molecule has 0 radical (unpaired) electrons. The Morgan fingerprint density at radius 3 is 3.09 bits per heavy atom. The van der Waals surface area contributed by atoms with Gasteiger partial charge >= 0.3 is 0 Å². The van der Waals surface area contributed by atoms with Crippen molar-refractivity contribution in [2.75, 3.05) is 5.75 Å². The van der Waals surface area contributed by atoms with Crippen LogP contribution in [0.1, 0.15) is 12.7 Å². The minimum atomic E-state index is 0.404. The average Bonchev–Trinajstić information content (AvgIpc) is 2.48. The van der Waals surface area contributed by atoms with Gasteiger partial charge in [0.1, 0.15) is 5.82 Å². The lowest BCUT2D eigenvalue weighted by Crippen LogP contribution is -1.81. The Labute approximate surface area is 69.0 Å². The maximum absolute atomic E-state index is 8.25. The first-order valence-corrected chi connectivity index (χ1v) is 4.26. The van der Waals surface area contributed by atoms with E-state index < -0.39 is 0 Å². The van der Waals surface area contributed by atoms with Gasteiger partial charge in [0.2, 0.25) is 5.16 Å². The van der Waals surface area contributed by atoms with E-state index in [9.17, 15) is 0 Å². The number of rotatable bonds is 3. The molecular weight excluding hydrogens is 160 g/mol. The predicted octanol–water partition coefficient (Wildman–Crippen LogP) is 0.983. The van der Waals surface area contributed by atoms with Gasteiger partial charge in [-0.3, -0.25) is 5.10 Å². The zero-order valence-electron chi connectivity index (χ0n) is 6.16. The molecule has 0 atom stereocenters. The van der Waals surface area contributed by atoms with Crippen LogP contribution < -0.4 is 0 Å². The number of H-pyrrole nitrogens is 1. The molecule has 0 spiro atoms. The van der Waals surface area contributed by atoms with Crippen LogP contribution in [0.2, 0.25) is 0 Å². The van der Waals surface area contributed by atoms with Crippen molar-refractivity contribution in [3.63, 3.8) is 0 Å². The van der Waals surface area contributed by atoms with Crippen LogP contribution in [0.5, 0.6) is 0 Å². The molecule has 0 aliphatic carbocycles. The molecule has 58 valence electrons. The number of aromatic amines is 1. The molecule has 0 amide bonds. The van der Waals surface area contributed by atoms with Crippen LogP contribution in [-0.4, -0.2) is 20.9 Å². The van der Waals surface area contributed by atoms with E-state index in [2.05, 4.69) is 15.2 Å². The van der Waals surface area contributed by atoms with Crippen molar-refractivity contribution in [1.29, 1.82) is 5.26 Å². The molecule has 1 N–H and O–H groups in total. The summed E-state index contributed by atoms with van der Waals surface area (Å²) < 4.78 is 0. The standard InChI is InChI=1S/C6H8N4S/c1-2-5-8-6(10-9-5)11-4-3-7/h2,4H2,1H3,(H,8,9,10). The number of aryl methyl sites for hydroxylation is 1. The Bertz CT molecular complexity index is 262. The van der Waals surface area contributed by atoms with Crippen LogP contribution in [0, 0.1) is 11.3 Å². The lowest BCUT2D eigenvalue weighted by Gasteiger charge is -1.83. The molecule has 1 heterocycles. The molecule has 1 aromatic rings. The molecule has 0 fully saturated rings. The van der Waals surface area contributed by atoms with Crippen LogP contribution in [0.25, 0.3) is 0 Å². The summed E-state index contributed by atoms with van der Waals surface area (Å²) in [5.41, 5.74) is 0. The van der Waals surface area contributed by atoms with E-state index in [1.165, 1.54) is 11.8 Å². The van der Waals surface area contributed by atoms with E-state index in [1.54, 1.807) is 0 Å². The summed E-state index contributed by atoms with van der Waals surface area (Å²) >= 11 is 1.34. The van der Waals surface area contributed by atoms with Crippen molar-refractivity contribution >= 4 is 11.8 Å². The highest BCUT2D eigenvalue weighted by molar-refractivity contribution is 7.99. The fourth-order valence-electron chi connectivity index (χ4n) is 0.597. The van der Waals surface area contributed by atoms with Gasteiger partial charge in [0.25, 0.3) is 0 Å². The first kappa shape index (κ1) is 8.08. The molecular formula is C6H8N4S. The third-order valence-electron chi connectivity index (χ3n) is 1.11. The second kappa shape index (κ2) is 3.98. The molecule has 1 aromatic heterocycles. The van der Waals surface area contributed by atoms with Crippen LogP contribution in [0.3, 0.4) is 0 Å². The Kier molecular flexibility index (Phi) is 2.93. The molecule has 0 saturated heterocycles. The van der Waals surface area contributed by atoms with Gasteiger partial charge in [-0.05, 0) is 0 Å². The van der Waals surface area contributed by atoms with Crippen LogP contribution in [0.15, 0.2) is 5.16 Å². The Balaban J connectivity index is 2.53. The third-order valence-corrected chi connectivity index (χ3v) is 1.83. The molecule has 0 aliphatic rings. The number of aromatic nitrogens is 3. The maximum Gasteiger partial charge on any atom is 0.209 e. The minimum absolute atomic E-state index is 0.404. The number of hydrogen-bond acceptors (Lipinski definition) is 4. The summed E-state index contributed by atoms with van der Waals surface area (Å²) in [5, 5.41) is 15.6. The van der Waals surface area contributed by atoms with Gasteiger partial charge in [-0.1, -0.05) is 18.7 Å². The number of nitrogens with one attached hydrogen (secondary N) is 1. The van der Waals surface area contributed by atoms with Crippen LogP contribution in [-0.2, 0) is 6.42 Å². The van der Waals surface area contributed by atoms with Gasteiger partial charge in [-0.25, -0.2) is 4.98 Å². The predicted molar refractivity (Wildman–Crippen MR) is 42.1 cm³/mol. The van der Waals surface area contributed by atoms with Gasteiger partial charge in [-0.15, -0.1) is 5.10 Å². The number of hydrogen-bond donors (Lipinski definition) is 1. The van der Waals surface area contributed by atoms with Crippen molar-refractivity contribution in [2.24, 2.45) is 0 Å². The summed E-state index contributed by atoms with van der Waals surface area (Å²) in [5.74, 6) is 1.27. The number of nitrogens with zero attached hydrogens (tertiary/aromatic N) is 3. The smallest absolute Gasteiger partial charge is 0.209 e. The van der Waals surface area contributed by atoms with E-state index in [-0.39, 0.29) is 0 Å². The minimum Gasteiger partial charge on any atom is -0.262 e. The molecule has 1 rings (SSSR count). The monoisotopic (exact) mass is 168 g/mol. The number of nitriles is 1. The van der Waals surface area contributed by atoms with Crippen molar-refractivity contribution in [3.8, 4) is 6.07 Å². The molecule has 0 unspecified atom stereocenters. The highest BCUT2D eigenvalue weighted by Crippen LogP contribution is 2.10. The fourth-order valence-corrected chi connectivity index (χ4v) is 1.08. The quantitative estimate of drug-likeness (QED) is 0.683. The lowest BCUT2D eigenvalue weighted by molar-refractivity contribution is 0.941. The molecule has 4 nitrogen and oxygen atoms in total. The SMILES string of the molecule is CCc1nc(SCC#N)n[nH]1. The molecule has 0 bridgehead atoms. The normalized spacial score (nSPS) is 9.45. The van der Waals surface area contributed by atoms with Crippen molar-refractivity contribution in [3.05, 3.63) is 5.82 Å². The first-order valence-electron chi connectivity index (χ1n) is 3.28. The highest BCUT2D eigenvalue weighted by atomic mass is 32.2. The maximum atomic E-state index is 8.25. The van der Waals surface area contributed by atoms with E-state index in [0.717, 1.165) is 12.2 Å². The topological polar surface area (TPSA) is 65.4 Å². The summed E-state index contributed by atoms with van der Waals surface area (Å²) in [7, 11) is 0. The first-order chi connectivity index (χ1) is 5.36. The molecule has 5 heteroatoms. The highest BCUT2D eigenvalue weighted by Gasteiger charge is 1.99. The van der Waals surface area contributed by atoms with E-state index in [4.69, 9.17) is 5.26 Å². The molecule has 11 heavy (non-hydrogen) atoms. The van der Waals surface area contributed by atoms with E-state index in [0.29, 0.717) is 10.9 Å². The second-order valence-electron chi connectivity index (χ2n) is 1.87. The molecule has 0 saturated carbocycles. The zero-order valence-corrected chi connectivity index (χ0v) is 6.98. The summed E-state index contributed by atoms with van der Waals surface area (Å²) in [4.78, 5) is 4.11. The van der Waals surface area contributed by atoms with Gasteiger partial charge in [-0.2, -0.15) is 5.26 Å². The Hall–Kier alpha value is -1.02. The largest absolute Gasteiger partial charge is 0.262 e. The average molecular weight is 168 g/mol. The fraction of sp³-hybridized carbons (Fsp3) is 0.500. The van der Waals surface area contributed by atoms with Crippen LogP contribution >= 0.6 is 11.8 Å². The summed E-state index contributed by atoms with van der Waals surface area (Å²) in [6.07, 6.45) is 0.847. The van der Waals surface area contributed by atoms with Crippen molar-refractivity contribution in [1.82, 2.24) is 15.2 Å². The van der Waals surface area contributed by atoms with E-state index in [1.807, 2.05) is 13.0 Å². The van der Waals surface area contributed by atoms with Crippen LogP contribution in [0.4, 0.5) is 0 Å². The van der Waals surface area contributed by atoms with Gasteiger partial charge < -0.3 is 0 Å². The van der Waals surface area contributed by atoms with Crippen molar-refractivity contribution < 1.29 is 0 Å². The second-order valence-corrected chi connectivity index (χ2v) is 2.81. The Morgan fingerprint density at radius 2 is 2.55 bits per heavy atom. The summed E-state index contributed by atoms with van der Waals surface area (Å²) in [6, 6.07) is 2.01. The number of thioether (sulfide) groups is 1. The van der Waals surface area contributed by atoms with Crippen molar-refractivity contribution in [2.45, 2.75) is 18.5 Å². The molecule has 0 aromatic carbocycles. The lowest BCUT2D eigenvalue weighted by atomic mass is 10.5.